The van der Waals surface area contributed by atoms with E-state index in [0.29, 0.717) is 27.8 Å². The van der Waals surface area contributed by atoms with Crippen molar-refractivity contribution < 1.29 is 18.0 Å². The Labute approximate surface area is 240 Å². The van der Waals surface area contributed by atoms with Crippen LogP contribution in [-0.2, 0) is 26.2 Å². The first-order valence-electron chi connectivity index (χ1n) is 12.7. The largest absolute Gasteiger partial charge is 0.354 e. The number of nitrogens with one attached hydrogen (secondary N) is 1. The molecule has 1 atom stereocenters. The minimum atomic E-state index is -4.10. The second kappa shape index (κ2) is 13.8. The van der Waals surface area contributed by atoms with Crippen molar-refractivity contribution in [3.8, 4) is 0 Å². The van der Waals surface area contributed by atoms with Gasteiger partial charge in [-0.2, -0.15) is 0 Å². The Morgan fingerprint density at radius 2 is 1.62 bits per heavy atom. The maximum atomic E-state index is 13.9. The van der Waals surface area contributed by atoms with Gasteiger partial charge in [-0.05, 0) is 62.2 Å². The van der Waals surface area contributed by atoms with Crippen LogP contribution >= 0.6 is 23.2 Å². The maximum absolute atomic E-state index is 13.9. The number of nitrogens with zero attached hydrogens (tertiary/aromatic N) is 2. The van der Waals surface area contributed by atoms with Crippen LogP contribution in [0, 0.1) is 6.92 Å². The fraction of sp³-hybridized carbons (Fsp3) is 0.310. The molecule has 0 spiro atoms. The van der Waals surface area contributed by atoms with E-state index in [1.807, 2.05) is 13.8 Å². The summed E-state index contributed by atoms with van der Waals surface area (Å²) in [5, 5.41) is 3.54. The number of carbonyl (C=O) groups is 2. The standard InChI is InChI=1S/C29H33Cl2N3O4S/c1-4-5-17-32-29(36)22(3)33(19-23-13-16-26(30)27(31)18-23)28(35)20-34(24-14-11-21(2)12-15-24)39(37,38)25-9-7-6-8-10-25/h6-16,18,22H,4-5,17,19-20H2,1-3H3,(H,32,36). The smallest absolute Gasteiger partial charge is 0.264 e. The molecule has 0 radical (unpaired) electrons. The molecule has 1 unspecified atom stereocenters. The summed E-state index contributed by atoms with van der Waals surface area (Å²) in [6, 6.07) is 18.9. The fourth-order valence-electron chi connectivity index (χ4n) is 3.91. The van der Waals surface area contributed by atoms with Gasteiger partial charge in [0.15, 0.2) is 0 Å². The molecule has 208 valence electrons. The van der Waals surface area contributed by atoms with Crippen molar-refractivity contribution in [2.75, 3.05) is 17.4 Å². The van der Waals surface area contributed by atoms with Gasteiger partial charge >= 0.3 is 0 Å². The number of carbonyl (C=O) groups excluding carboxylic acids is 2. The van der Waals surface area contributed by atoms with Crippen molar-refractivity contribution in [1.29, 1.82) is 0 Å². The highest BCUT2D eigenvalue weighted by Crippen LogP contribution is 2.26. The van der Waals surface area contributed by atoms with E-state index in [-0.39, 0.29) is 17.3 Å². The summed E-state index contributed by atoms with van der Waals surface area (Å²) in [6.07, 6.45) is 1.71. The first kappa shape index (κ1) is 30.5. The number of unbranched alkanes of at least 4 members (excludes halogenated alkanes) is 1. The van der Waals surface area contributed by atoms with Crippen LogP contribution in [0.4, 0.5) is 5.69 Å². The van der Waals surface area contributed by atoms with E-state index < -0.39 is 28.5 Å². The normalized spacial score (nSPS) is 12.0. The minimum Gasteiger partial charge on any atom is -0.354 e. The highest BCUT2D eigenvalue weighted by molar-refractivity contribution is 7.92. The molecule has 3 aromatic rings. The van der Waals surface area contributed by atoms with Crippen molar-refractivity contribution in [2.45, 2.75) is 51.1 Å². The monoisotopic (exact) mass is 589 g/mol. The summed E-state index contributed by atoms with van der Waals surface area (Å²) >= 11 is 12.3. The van der Waals surface area contributed by atoms with Crippen molar-refractivity contribution in [2.24, 2.45) is 0 Å². The summed E-state index contributed by atoms with van der Waals surface area (Å²) in [6.45, 7) is 5.54. The van der Waals surface area contributed by atoms with E-state index in [1.165, 1.54) is 17.0 Å². The fourth-order valence-corrected chi connectivity index (χ4v) is 5.67. The number of benzene rings is 3. The number of sulfonamides is 1. The van der Waals surface area contributed by atoms with Crippen molar-refractivity contribution >= 4 is 50.7 Å². The molecule has 0 bridgehead atoms. The van der Waals surface area contributed by atoms with Crippen molar-refractivity contribution in [3.63, 3.8) is 0 Å². The highest BCUT2D eigenvalue weighted by Gasteiger charge is 2.32. The first-order valence-corrected chi connectivity index (χ1v) is 14.9. The number of halogens is 2. The average Bonchev–Trinajstić information content (AvgIpc) is 2.93. The molecule has 3 aromatic carbocycles. The molecule has 0 heterocycles. The third kappa shape index (κ3) is 7.97. The van der Waals surface area contributed by atoms with E-state index in [4.69, 9.17) is 23.2 Å². The molecule has 10 heteroatoms. The molecule has 0 aliphatic rings. The van der Waals surface area contributed by atoms with Crippen LogP contribution in [0.3, 0.4) is 0 Å². The number of hydrogen-bond donors (Lipinski definition) is 1. The lowest BCUT2D eigenvalue weighted by Crippen LogP contribution is -2.51. The molecule has 7 nitrogen and oxygen atoms in total. The Hall–Kier alpha value is -3.07. The van der Waals surface area contributed by atoms with Crippen LogP contribution in [-0.4, -0.2) is 44.3 Å². The number of amides is 2. The predicted octanol–water partition coefficient (Wildman–Crippen LogP) is 5.83. The Balaban J connectivity index is 1.99. The van der Waals surface area contributed by atoms with Gasteiger partial charge in [0, 0.05) is 13.1 Å². The van der Waals surface area contributed by atoms with Crippen LogP contribution in [0.15, 0.2) is 77.7 Å². The van der Waals surface area contributed by atoms with Crippen LogP contribution in [0.2, 0.25) is 10.0 Å². The van der Waals surface area contributed by atoms with Crippen molar-refractivity contribution in [1.82, 2.24) is 10.2 Å². The summed E-state index contributed by atoms with van der Waals surface area (Å²) in [5.74, 6) is -0.871. The number of hydrogen-bond acceptors (Lipinski definition) is 4. The number of rotatable bonds is 12. The topological polar surface area (TPSA) is 86.8 Å². The average molecular weight is 591 g/mol. The van der Waals surface area contributed by atoms with Gasteiger partial charge in [0.2, 0.25) is 11.8 Å². The molecule has 0 saturated carbocycles. The third-order valence-corrected chi connectivity index (χ3v) is 8.79. The second-order valence-electron chi connectivity index (χ2n) is 9.25. The molecule has 0 aliphatic heterocycles. The zero-order valence-corrected chi connectivity index (χ0v) is 24.6. The zero-order chi connectivity index (χ0) is 28.6. The van der Waals surface area contributed by atoms with Gasteiger partial charge in [-0.25, -0.2) is 8.42 Å². The predicted molar refractivity (Wildman–Crippen MR) is 157 cm³/mol. The molecular weight excluding hydrogens is 557 g/mol. The minimum absolute atomic E-state index is 0.0329. The summed E-state index contributed by atoms with van der Waals surface area (Å²) in [5.41, 5.74) is 1.94. The Morgan fingerprint density at radius 1 is 0.949 bits per heavy atom. The zero-order valence-electron chi connectivity index (χ0n) is 22.2. The third-order valence-electron chi connectivity index (χ3n) is 6.27. The number of anilines is 1. The second-order valence-corrected chi connectivity index (χ2v) is 11.9. The highest BCUT2D eigenvalue weighted by atomic mass is 35.5. The van der Waals surface area contributed by atoms with Gasteiger partial charge < -0.3 is 10.2 Å². The molecule has 0 aromatic heterocycles. The molecular formula is C29H33Cl2N3O4S. The summed E-state index contributed by atoms with van der Waals surface area (Å²) in [4.78, 5) is 28.3. The molecule has 1 N–H and O–H groups in total. The SMILES string of the molecule is CCCCNC(=O)C(C)N(Cc1ccc(Cl)c(Cl)c1)C(=O)CN(c1ccc(C)cc1)S(=O)(=O)c1ccccc1. The van der Waals surface area contributed by atoms with Gasteiger partial charge in [0.05, 0.1) is 20.6 Å². The maximum Gasteiger partial charge on any atom is 0.264 e. The van der Waals surface area contributed by atoms with Crippen LogP contribution in [0.5, 0.6) is 0 Å². The van der Waals surface area contributed by atoms with Gasteiger partial charge in [-0.1, -0.05) is 78.5 Å². The van der Waals surface area contributed by atoms with E-state index in [1.54, 1.807) is 67.6 Å². The van der Waals surface area contributed by atoms with Crippen LogP contribution in [0.25, 0.3) is 0 Å². The first-order chi connectivity index (χ1) is 18.5. The van der Waals surface area contributed by atoms with Crippen LogP contribution < -0.4 is 9.62 Å². The molecule has 0 fully saturated rings. The quantitative estimate of drug-likeness (QED) is 0.269. The lowest BCUT2D eigenvalue weighted by atomic mass is 10.1. The van der Waals surface area contributed by atoms with Gasteiger partial charge in [-0.3, -0.25) is 13.9 Å². The molecule has 39 heavy (non-hydrogen) atoms. The molecule has 0 saturated heterocycles. The van der Waals surface area contributed by atoms with Crippen LogP contribution in [0.1, 0.15) is 37.8 Å². The molecule has 0 aliphatic carbocycles. The van der Waals surface area contributed by atoms with E-state index in [9.17, 15) is 18.0 Å². The Kier molecular flexibility index (Phi) is 10.8. The Morgan fingerprint density at radius 3 is 2.23 bits per heavy atom. The van der Waals surface area contributed by atoms with E-state index in [2.05, 4.69) is 5.32 Å². The van der Waals surface area contributed by atoms with Crippen molar-refractivity contribution in [3.05, 3.63) is 94.0 Å². The lowest BCUT2D eigenvalue weighted by molar-refractivity contribution is -0.139. The van der Waals surface area contributed by atoms with Gasteiger partial charge in [0.25, 0.3) is 10.0 Å². The lowest BCUT2D eigenvalue weighted by Gasteiger charge is -2.32. The van der Waals surface area contributed by atoms with E-state index >= 15 is 0 Å². The summed E-state index contributed by atoms with van der Waals surface area (Å²) < 4.78 is 28.6. The van der Waals surface area contributed by atoms with Gasteiger partial charge in [0.1, 0.15) is 12.6 Å². The summed E-state index contributed by atoms with van der Waals surface area (Å²) in [7, 11) is -4.10. The molecule has 2 amide bonds. The van der Waals surface area contributed by atoms with Gasteiger partial charge in [-0.15, -0.1) is 0 Å². The van der Waals surface area contributed by atoms with E-state index in [0.717, 1.165) is 22.7 Å². The molecule has 3 rings (SSSR count). The Bertz CT molecular complexity index is 1380. The number of aryl methyl sites for hydroxylation is 1.